The highest BCUT2D eigenvalue weighted by molar-refractivity contribution is 5.80. The normalized spacial score (nSPS) is 23.7. The number of hydrogen-bond donors (Lipinski definition) is 1. The quantitative estimate of drug-likeness (QED) is 0.748. The van der Waals surface area contributed by atoms with Crippen molar-refractivity contribution >= 4 is 17.8 Å². The van der Waals surface area contributed by atoms with Gasteiger partial charge in [0, 0.05) is 45.6 Å². The molecule has 0 aromatic rings. The minimum atomic E-state index is -0.891. The number of hydrogen-bond acceptors (Lipinski definition) is 4. The molecule has 2 aliphatic heterocycles. The molecule has 1 atom stereocenters. The largest absolute Gasteiger partial charge is 0.480 e. The number of aliphatic carboxylic acids is 1. The summed E-state index contributed by atoms with van der Waals surface area (Å²) >= 11 is 0. The fourth-order valence-electron chi connectivity index (χ4n) is 2.89. The average molecular weight is 297 g/mol. The van der Waals surface area contributed by atoms with Gasteiger partial charge in [-0.05, 0) is 19.9 Å². The Morgan fingerprint density at radius 2 is 2.05 bits per heavy atom. The SMILES string of the molecule is CN1CCN(C(=O)CCCN2CCCC2=O)CC1C(=O)O. The molecular weight excluding hydrogens is 274 g/mol. The summed E-state index contributed by atoms with van der Waals surface area (Å²) in [5, 5.41) is 9.13. The van der Waals surface area contributed by atoms with Crippen LogP contribution in [0, 0.1) is 0 Å². The number of rotatable bonds is 5. The van der Waals surface area contributed by atoms with E-state index >= 15 is 0 Å². The van der Waals surface area contributed by atoms with Crippen LogP contribution in [-0.2, 0) is 14.4 Å². The second kappa shape index (κ2) is 6.89. The van der Waals surface area contributed by atoms with Crippen molar-refractivity contribution < 1.29 is 19.5 Å². The van der Waals surface area contributed by atoms with Crippen LogP contribution in [0.3, 0.4) is 0 Å². The molecule has 0 aromatic carbocycles. The van der Waals surface area contributed by atoms with E-state index in [0.29, 0.717) is 38.9 Å². The third kappa shape index (κ3) is 3.93. The lowest BCUT2D eigenvalue weighted by Crippen LogP contribution is -2.56. The van der Waals surface area contributed by atoms with Crippen molar-refractivity contribution in [2.75, 3.05) is 39.8 Å². The molecule has 2 saturated heterocycles. The van der Waals surface area contributed by atoms with Gasteiger partial charge in [0.15, 0.2) is 0 Å². The van der Waals surface area contributed by atoms with E-state index in [-0.39, 0.29) is 18.4 Å². The number of carboxylic acids is 1. The topological polar surface area (TPSA) is 81.2 Å². The summed E-state index contributed by atoms with van der Waals surface area (Å²) in [4.78, 5) is 39.9. The molecule has 2 rings (SSSR count). The fraction of sp³-hybridized carbons (Fsp3) is 0.786. The van der Waals surface area contributed by atoms with Crippen molar-refractivity contribution in [1.29, 1.82) is 0 Å². The monoisotopic (exact) mass is 297 g/mol. The maximum absolute atomic E-state index is 12.1. The predicted octanol–water partition coefficient (Wildman–Crippen LogP) is -0.384. The van der Waals surface area contributed by atoms with Gasteiger partial charge in [-0.3, -0.25) is 19.3 Å². The van der Waals surface area contributed by atoms with Gasteiger partial charge < -0.3 is 14.9 Å². The zero-order chi connectivity index (χ0) is 15.4. The van der Waals surface area contributed by atoms with Crippen LogP contribution < -0.4 is 0 Å². The lowest BCUT2D eigenvalue weighted by atomic mass is 10.1. The number of nitrogens with zero attached hydrogens (tertiary/aromatic N) is 3. The third-order valence-electron chi connectivity index (χ3n) is 4.28. The lowest BCUT2D eigenvalue weighted by molar-refractivity contribution is -0.147. The van der Waals surface area contributed by atoms with Gasteiger partial charge in [0.2, 0.25) is 11.8 Å². The van der Waals surface area contributed by atoms with Crippen LogP contribution in [0.4, 0.5) is 0 Å². The molecule has 1 unspecified atom stereocenters. The lowest BCUT2D eigenvalue weighted by Gasteiger charge is -2.37. The minimum Gasteiger partial charge on any atom is -0.480 e. The van der Waals surface area contributed by atoms with Gasteiger partial charge in [0.05, 0.1) is 0 Å². The molecule has 0 spiro atoms. The first kappa shape index (κ1) is 15.8. The van der Waals surface area contributed by atoms with E-state index in [1.165, 1.54) is 0 Å². The standard InChI is InChI=1S/C14H23N3O4/c1-15-8-9-17(10-11(15)14(20)21)13(19)5-3-7-16-6-2-4-12(16)18/h11H,2-10H2,1H3,(H,20,21). The molecule has 21 heavy (non-hydrogen) atoms. The number of likely N-dealkylation sites (tertiary alicyclic amines) is 1. The van der Waals surface area contributed by atoms with E-state index in [0.717, 1.165) is 13.0 Å². The highest BCUT2D eigenvalue weighted by Crippen LogP contribution is 2.13. The van der Waals surface area contributed by atoms with E-state index < -0.39 is 12.0 Å². The van der Waals surface area contributed by atoms with Gasteiger partial charge in [0.25, 0.3) is 0 Å². The molecule has 0 bridgehead atoms. The molecule has 0 saturated carbocycles. The number of amides is 2. The van der Waals surface area contributed by atoms with Gasteiger partial charge in [-0.1, -0.05) is 0 Å². The average Bonchev–Trinajstić information content (AvgIpc) is 2.84. The summed E-state index contributed by atoms with van der Waals surface area (Å²) in [5.41, 5.74) is 0. The molecule has 7 heteroatoms. The van der Waals surface area contributed by atoms with Crippen LogP contribution in [0.5, 0.6) is 0 Å². The summed E-state index contributed by atoms with van der Waals surface area (Å²) in [5.74, 6) is -0.730. The predicted molar refractivity (Wildman–Crippen MR) is 75.7 cm³/mol. The van der Waals surface area contributed by atoms with E-state index in [1.54, 1.807) is 21.7 Å². The van der Waals surface area contributed by atoms with E-state index in [1.807, 2.05) is 0 Å². The molecular formula is C14H23N3O4. The van der Waals surface area contributed by atoms with Crippen LogP contribution in [0.2, 0.25) is 0 Å². The number of carbonyl (C=O) groups excluding carboxylic acids is 2. The second-order valence-electron chi connectivity index (χ2n) is 5.76. The van der Waals surface area contributed by atoms with Gasteiger partial charge in [-0.2, -0.15) is 0 Å². The van der Waals surface area contributed by atoms with E-state index in [9.17, 15) is 14.4 Å². The van der Waals surface area contributed by atoms with Crippen LogP contribution in [-0.4, -0.2) is 83.4 Å². The molecule has 118 valence electrons. The first-order chi connectivity index (χ1) is 9.99. The van der Waals surface area contributed by atoms with Crippen molar-refractivity contribution in [3.63, 3.8) is 0 Å². The molecule has 2 aliphatic rings. The van der Waals surface area contributed by atoms with Gasteiger partial charge >= 0.3 is 5.97 Å². The second-order valence-corrected chi connectivity index (χ2v) is 5.76. The molecule has 7 nitrogen and oxygen atoms in total. The summed E-state index contributed by atoms with van der Waals surface area (Å²) in [6.07, 6.45) is 2.55. The van der Waals surface area contributed by atoms with Crippen LogP contribution in [0.1, 0.15) is 25.7 Å². The maximum atomic E-state index is 12.1. The Morgan fingerprint density at radius 1 is 1.29 bits per heavy atom. The van der Waals surface area contributed by atoms with Crippen LogP contribution in [0.25, 0.3) is 0 Å². The van der Waals surface area contributed by atoms with E-state index in [2.05, 4.69) is 0 Å². The van der Waals surface area contributed by atoms with Crippen molar-refractivity contribution in [3.05, 3.63) is 0 Å². The van der Waals surface area contributed by atoms with Gasteiger partial charge in [-0.15, -0.1) is 0 Å². The Labute approximate surface area is 124 Å². The summed E-state index contributed by atoms with van der Waals surface area (Å²) in [6, 6.07) is -0.622. The Bertz CT molecular complexity index is 426. The van der Waals surface area contributed by atoms with Crippen molar-refractivity contribution in [3.8, 4) is 0 Å². The summed E-state index contributed by atoms with van der Waals surface area (Å²) in [7, 11) is 1.76. The third-order valence-corrected chi connectivity index (χ3v) is 4.28. The van der Waals surface area contributed by atoms with E-state index in [4.69, 9.17) is 5.11 Å². The molecule has 2 amide bonds. The molecule has 0 aliphatic carbocycles. The smallest absolute Gasteiger partial charge is 0.322 e. The molecule has 0 aromatic heterocycles. The highest BCUT2D eigenvalue weighted by atomic mass is 16.4. The minimum absolute atomic E-state index is 0.0130. The maximum Gasteiger partial charge on any atom is 0.322 e. The van der Waals surface area contributed by atoms with Gasteiger partial charge in [-0.25, -0.2) is 0 Å². The molecule has 2 heterocycles. The van der Waals surface area contributed by atoms with Gasteiger partial charge in [0.1, 0.15) is 6.04 Å². The molecule has 0 radical (unpaired) electrons. The van der Waals surface area contributed by atoms with Crippen molar-refractivity contribution in [2.24, 2.45) is 0 Å². The zero-order valence-electron chi connectivity index (χ0n) is 12.5. The Balaban J connectivity index is 1.75. The number of carbonyl (C=O) groups is 3. The van der Waals surface area contributed by atoms with Crippen LogP contribution in [0.15, 0.2) is 0 Å². The van der Waals surface area contributed by atoms with Crippen LogP contribution >= 0.6 is 0 Å². The van der Waals surface area contributed by atoms with Crippen molar-refractivity contribution in [2.45, 2.75) is 31.7 Å². The Kier molecular flexibility index (Phi) is 5.17. The number of likely N-dealkylation sites (N-methyl/N-ethyl adjacent to an activating group) is 1. The number of carboxylic acid groups (broad SMARTS) is 1. The Hall–Kier alpha value is -1.63. The number of piperazine rings is 1. The zero-order valence-corrected chi connectivity index (χ0v) is 12.5. The fourth-order valence-corrected chi connectivity index (χ4v) is 2.89. The summed E-state index contributed by atoms with van der Waals surface area (Å²) in [6.45, 7) is 2.81. The summed E-state index contributed by atoms with van der Waals surface area (Å²) < 4.78 is 0. The molecule has 1 N–H and O–H groups in total. The van der Waals surface area contributed by atoms with Crippen molar-refractivity contribution in [1.82, 2.24) is 14.7 Å². The first-order valence-electron chi connectivity index (χ1n) is 7.47. The molecule has 2 fully saturated rings. The highest BCUT2D eigenvalue weighted by Gasteiger charge is 2.31. The first-order valence-corrected chi connectivity index (χ1v) is 7.47. The Morgan fingerprint density at radius 3 is 2.67 bits per heavy atom.